The molecule has 2 unspecified atom stereocenters. The fraction of sp³-hybridized carbons (Fsp3) is 0.900. The molecular formula is C10H18N2O. The van der Waals surface area contributed by atoms with Crippen LogP contribution in [0.1, 0.15) is 26.2 Å². The van der Waals surface area contributed by atoms with Crippen LogP contribution in [0.2, 0.25) is 0 Å². The van der Waals surface area contributed by atoms with Crippen molar-refractivity contribution >= 4 is 5.91 Å². The predicted molar refractivity (Wildman–Crippen MR) is 51.1 cm³/mol. The van der Waals surface area contributed by atoms with Crippen LogP contribution in [0.15, 0.2) is 0 Å². The van der Waals surface area contributed by atoms with Gasteiger partial charge in [0.05, 0.1) is 0 Å². The van der Waals surface area contributed by atoms with Gasteiger partial charge >= 0.3 is 0 Å². The Morgan fingerprint density at radius 1 is 1.62 bits per heavy atom. The molecule has 3 heteroatoms. The molecule has 0 aromatic rings. The van der Waals surface area contributed by atoms with E-state index in [1.807, 2.05) is 4.90 Å². The maximum Gasteiger partial charge on any atom is 0.226 e. The molecule has 0 aromatic carbocycles. The predicted octanol–water partition coefficient (Wildman–Crippen LogP) is 0.592. The van der Waals surface area contributed by atoms with E-state index in [2.05, 4.69) is 6.92 Å². The SMILES string of the molecule is CCC1CC1C(=O)N1CC[C@@H](N)C1. The third kappa shape index (κ3) is 1.70. The Labute approximate surface area is 79.3 Å². The van der Waals surface area contributed by atoms with E-state index >= 15 is 0 Å². The quantitative estimate of drug-likeness (QED) is 0.679. The largest absolute Gasteiger partial charge is 0.341 e. The van der Waals surface area contributed by atoms with Crippen LogP contribution in [0, 0.1) is 11.8 Å². The lowest BCUT2D eigenvalue weighted by atomic mass is 10.2. The highest BCUT2D eigenvalue weighted by Gasteiger charge is 2.44. The van der Waals surface area contributed by atoms with Crippen molar-refractivity contribution in [2.45, 2.75) is 32.2 Å². The lowest BCUT2D eigenvalue weighted by Gasteiger charge is -2.15. The lowest BCUT2D eigenvalue weighted by Crippen LogP contribution is -2.33. The summed E-state index contributed by atoms with van der Waals surface area (Å²) in [6.45, 7) is 3.83. The molecular weight excluding hydrogens is 164 g/mol. The Morgan fingerprint density at radius 2 is 2.38 bits per heavy atom. The van der Waals surface area contributed by atoms with Gasteiger partial charge in [0.2, 0.25) is 5.91 Å². The first kappa shape index (κ1) is 9.00. The zero-order valence-corrected chi connectivity index (χ0v) is 8.20. The first-order valence-electron chi connectivity index (χ1n) is 5.26. The molecule has 0 bridgehead atoms. The fourth-order valence-corrected chi connectivity index (χ4v) is 2.22. The number of nitrogens with two attached hydrogens (primary N) is 1. The van der Waals surface area contributed by atoms with E-state index in [4.69, 9.17) is 5.73 Å². The molecule has 2 aliphatic rings. The minimum atomic E-state index is 0.225. The summed E-state index contributed by atoms with van der Waals surface area (Å²) in [5, 5.41) is 0. The van der Waals surface area contributed by atoms with Crippen LogP contribution in [0.25, 0.3) is 0 Å². The first-order valence-corrected chi connectivity index (χ1v) is 5.26. The van der Waals surface area contributed by atoms with Crippen LogP contribution in [0.4, 0.5) is 0 Å². The van der Waals surface area contributed by atoms with Gasteiger partial charge in [0.1, 0.15) is 0 Å². The van der Waals surface area contributed by atoms with Gasteiger partial charge in [0.25, 0.3) is 0 Å². The summed E-state index contributed by atoms with van der Waals surface area (Å²) in [6.07, 6.45) is 3.24. The summed E-state index contributed by atoms with van der Waals surface area (Å²) in [5.41, 5.74) is 5.76. The fourth-order valence-electron chi connectivity index (χ4n) is 2.22. The maximum absolute atomic E-state index is 11.8. The molecule has 1 saturated heterocycles. The smallest absolute Gasteiger partial charge is 0.226 e. The Balaban J connectivity index is 1.85. The zero-order chi connectivity index (χ0) is 9.42. The highest BCUT2D eigenvalue weighted by atomic mass is 16.2. The van der Waals surface area contributed by atoms with Gasteiger partial charge in [-0.1, -0.05) is 13.3 Å². The van der Waals surface area contributed by atoms with E-state index in [0.29, 0.717) is 17.7 Å². The summed E-state index contributed by atoms with van der Waals surface area (Å²) < 4.78 is 0. The van der Waals surface area contributed by atoms with Gasteiger partial charge in [-0.05, 0) is 18.8 Å². The van der Waals surface area contributed by atoms with E-state index in [1.165, 1.54) is 0 Å². The number of likely N-dealkylation sites (tertiary alicyclic amines) is 1. The van der Waals surface area contributed by atoms with Crippen LogP contribution in [0.5, 0.6) is 0 Å². The molecule has 2 N–H and O–H groups in total. The molecule has 1 aliphatic heterocycles. The van der Waals surface area contributed by atoms with E-state index < -0.39 is 0 Å². The molecule has 2 rings (SSSR count). The monoisotopic (exact) mass is 182 g/mol. The number of nitrogens with zero attached hydrogens (tertiary/aromatic N) is 1. The molecule has 13 heavy (non-hydrogen) atoms. The van der Waals surface area contributed by atoms with E-state index in [1.54, 1.807) is 0 Å². The van der Waals surface area contributed by atoms with Gasteiger partial charge in [-0.3, -0.25) is 4.79 Å². The normalized spacial score (nSPS) is 38.0. The van der Waals surface area contributed by atoms with Crippen molar-refractivity contribution in [2.75, 3.05) is 13.1 Å². The Kier molecular flexibility index (Phi) is 2.28. The van der Waals surface area contributed by atoms with E-state index in [-0.39, 0.29) is 6.04 Å². The minimum absolute atomic E-state index is 0.225. The lowest BCUT2D eigenvalue weighted by molar-refractivity contribution is -0.131. The van der Waals surface area contributed by atoms with Crippen molar-refractivity contribution in [3.63, 3.8) is 0 Å². The highest BCUT2D eigenvalue weighted by Crippen LogP contribution is 2.42. The molecule has 0 aromatic heterocycles. The van der Waals surface area contributed by atoms with E-state index in [0.717, 1.165) is 32.4 Å². The van der Waals surface area contributed by atoms with Gasteiger partial charge in [0, 0.05) is 25.0 Å². The maximum atomic E-state index is 11.8. The Bertz CT molecular complexity index is 217. The molecule has 1 amide bonds. The number of carbonyl (C=O) groups is 1. The molecule has 2 fully saturated rings. The van der Waals surface area contributed by atoms with Crippen LogP contribution in [0.3, 0.4) is 0 Å². The van der Waals surface area contributed by atoms with Gasteiger partial charge in [-0.25, -0.2) is 0 Å². The number of hydrogen-bond acceptors (Lipinski definition) is 2. The summed E-state index contributed by atoms with van der Waals surface area (Å²) >= 11 is 0. The molecule has 1 aliphatic carbocycles. The van der Waals surface area contributed by atoms with E-state index in [9.17, 15) is 4.79 Å². The van der Waals surface area contributed by atoms with Crippen LogP contribution >= 0.6 is 0 Å². The Hall–Kier alpha value is -0.570. The molecule has 0 radical (unpaired) electrons. The molecule has 1 heterocycles. The van der Waals surface area contributed by atoms with Crippen molar-refractivity contribution in [1.82, 2.24) is 4.90 Å². The summed E-state index contributed by atoms with van der Waals surface area (Å²) in [5.74, 6) is 1.37. The first-order chi connectivity index (χ1) is 6.22. The average Bonchev–Trinajstić information content (AvgIpc) is 2.80. The average molecular weight is 182 g/mol. The number of hydrogen-bond donors (Lipinski definition) is 1. The van der Waals surface area contributed by atoms with Gasteiger partial charge in [-0.15, -0.1) is 0 Å². The van der Waals surface area contributed by atoms with Gasteiger partial charge in [-0.2, -0.15) is 0 Å². The van der Waals surface area contributed by atoms with Gasteiger partial charge in [0.15, 0.2) is 0 Å². The third-order valence-electron chi connectivity index (χ3n) is 3.30. The van der Waals surface area contributed by atoms with Crippen molar-refractivity contribution in [1.29, 1.82) is 0 Å². The van der Waals surface area contributed by atoms with Crippen molar-refractivity contribution in [2.24, 2.45) is 17.6 Å². The summed E-state index contributed by atoms with van der Waals surface area (Å²) in [4.78, 5) is 13.7. The zero-order valence-electron chi connectivity index (χ0n) is 8.20. The molecule has 1 saturated carbocycles. The second-order valence-corrected chi connectivity index (χ2v) is 4.34. The van der Waals surface area contributed by atoms with Crippen molar-refractivity contribution in [3.8, 4) is 0 Å². The topological polar surface area (TPSA) is 46.3 Å². The molecule has 3 atom stereocenters. The van der Waals surface area contributed by atoms with Crippen LogP contribution < -0.4 is 5.73 Å². The number of rotatable bonds is 2. The van der Waals surface area contributed by atoms with Gasteiger partial charge < -0.3 is 10.6 Å². The number of carbonyl (C=O) groups excluding carboxylic acids is 1. The van der Waals surface area contributed by atoms with Crippen LogP contribution in [-0.4, -0.2) is 29.9 Å². The molecule has 0 spiro atoms. The highest BCUT2D eigenvalue weighted by molar-refractivity contribution is 5.82. The summed E-state index contributed by atoms with van der Waals surface area (Å²) in [6, 6.07) is 0.225. The minimum Gasteiger partial charge on any atom is -0.341 e. The Morgan fingerprint density at radius 3 is 2.85 bits per heavy atom. The molecule has 74 valence electrons. The second kappa shape index (κ2) is 3.29. The third-order valence-corrected chi connectivity index (χ3v) is 3.30. The second-order valence-electron chi connectivity index (χ2n) is 4.34. The molecule has 3 nitrogen and oxygen atoms in total. The number of amides is 1. The van der Waals surface area contributed by atoms with Crippen molar-refractivity contribution < 1.29 is 4.79 Å². The van der Waals surface area contributed by atoms with Crippen molar-refractivity contribution in [3.05, 3.63) is 0 Å². The van der Waals surface area contributed by atoms with Crippen LogP contribution in [-0.2, 0) is 4.79 Å². The summed E-state index contributed by atoms with van der Waals surface area (Å²) in [7, 11) is 0. The standard InChI is InChI=1S/C10H18N2O/c1-2-7-5-9(7)10(13)12-4-3-8(11)6-12/h7-9H,2-6,11H2,1H3/t7?,8-,9?/m1/s1.